The van der Waals surface area contributed by atoms with Crippen molar-refractivity contribution in [1.82, 2.24) is 4.98 Å². The SMILES string of the molecule is O=C(Nc1cccc(C2CCCCC2)c1)Nc1c[nH]c2c1CC=CC=C2. The van der Waals surface area contributed by atoms with Crippen LogP contribution in [0.2, 0.25) is 0 Å². The summed E-state index contributed by atoms with van der Waals surface area (Å²) in [5.41, 5.74) is 5.18. The van der Waals surface area contributed by atoms with Crippen LogP contribution in [0.4, 0.5) is 16.2 Å². The van der Waals surface area contributed by atoms with Crippen molar-refractivity contribution in [3.8, 4) is 0 Å². The molecule has 134 valence electrons. The number of amides is 2. The molecule has 1 heterocycles. The monoisotopic (exact) mass is 347 g/mol. The van der Waals surface area contributed by atoms with Crippen LogP contribution < -0.4 is 10.6 Å². The average Bonchev–Trinajstić information content (AvgIpc) is 2.89. The van der Waals surface area contributed by atoms with E-state index in [1.54, 1.807) is 0 Å². The molecule has 3 N–H and O–H groups in total. The smallest absolute Gasteiger partial charge is 0.323 e. The van der Waals surface area contributed by atoms with Crippen LogP contribution in [0.25, 0.3) is 6.08 Å². The van der Waals surface area contributed by atoms with E-state index in [1.807, 2.05) is 36.6 Å². The third-order valence-corrected chi connectivity index (χ3v) is 5.32. The first-order chi connectivity index (χ1) is 12.8. The zero-order valence-electron chi connectivity index (χ0n) is 14.9. The minimum Gasteiger partial charge on any atom is -0.360 e. The van der Waals surface area contributed by atoms with E-state index in [2.05, 4.69) is 33.8 Å². The lowest BCUT2D eigenvalue weighted by Crippen LogP contribution is -2.20. The molecule has 2 amide bonds. The molecule has 0 atom stereocenters. The van der Waals surface area contributed by atoms with Crippen molar-refractivity contribution in [1.29, 1.82) is 0 Å². The fourth-order valence-corrected chi connectivity index (χ4v) is 3.96. The first kappa shape index (κ1) is 16.7. The minimum absolute atomic E-state index is 0.204. The van der Waals surface area contributed by atoms with E-state index < -0.39 is 0 Å². The summed E-state index contributed by atoms with van der Waals surface area (Å²) in [6.45, 7) is 0. The maximum Gasteiger partial charge on any atom is 0.323 e. The standard InChI is InChI=1S/C22H25N3O/c26-22(25-21-15-23-20-13-6-2-5-12-19(20)21)24-18-11-7-10-17(14-18)16-8-3-1-4-9-16/h2,5-7,10-11,13-16,23H,1,3-4,8-9,12H2,(H2,24,25,26). The normalized spacial score (nSPS) is 16.8. The molecule has 1 aromatic heterocycles. The highest BCUT2D eigenvalue weighted by molar-refractivity contribution is 6.00. The summed E-state index contributed by atoms with van der Waals surface area (Å²) in [6.07, 6.45) is 17.3. The van der Waals surface area contributed by atoms with Gasteiger partial charge in [0.05, 0.1) is 5.69 Å². The first-order valence-corrected chi connectivity index (χ1v) is 9.51. The van der Waals surface area contributed by atoms with Crippen molar-refractivity contribution in [2.75, 3.05) is 10.6 Å². The Balaban J connectivity index is 1.43. The summed E-state index contributed by atoms with van der Waals surface area (Å²) in [7, 11) is 0. The van der Waals surface area contributed by atoms with Crippen LogP contribution in [0, 0.1) is 0 Å². The lowest BCUT2D eigenvalue weighted by molar-refractivity contribution is 0.262. The van der Waals surface area contributed by atoms with Gasteiger partial charge in [0.1, 0.15) is 0 Å². The average molecular weight is 347 g/mol. The molecular formula is C22H25N3O. The Morgan fingerprint density at radius 2 is 1.96 bits per heavy atom. The molecule has 0 unspecified atom stereocenters. The van der Waals surface area contributed by atoms with E-state index in [1.165, 1.54) is 37.7 Å². The summed E-state index contributed by atoms with van der Waals surface area (Å²) in [4.78, 5) is 15.7. The number of H-pyrrole nitrogens is 1. The van der Waals surface area contributed by atoms with Crippen LogP contribution >= 0.6 is 0 Å². The number of aromatic nitrogens is 1. The second-order valence-corrected chi connectivity index (χ2v) is 7.13. The van der Waals surface area contributed by atoms with Crippen LogP contribution in [-0.4, -0.2) is 11.0 Å². The third-order valence-electron chi connectivity index (χ3n) is 5.32. The van der Waals surface area contributed by atoms with E-state index in [4.69, 9.17) is 0 Å². The Hall–Kier alpha value is -2.75. The number of anilines is 2. The number of hydrogen-bond donors (Lipinski definition) is 3. The molecular weight excluding hydrogens is 322 g/mol. The topological polar surface area (TPSA) is 56.9 Å². The Morgan fingerprint density at radius 1 is 1.08 bits per heavy atom. The summed E-state index contributed by atoms with van der Waals surface area (Å²) >= 11 is 0. The van der Waals surface area contributed by atoms with Crippen LogP contribution in [0.5, 0.6) is 0 Å². The largest absolute Gasteiger partial charge is 0.360 e. The molecule has 0 aliphatic heterocycles. The number of carbonyl (C=O) groups is 1. The Morgan fingerprint density at radius 3 is 2.85 bits per heavy atom. The number of aromatic amines is 1. The quantitative estimate of drug-likeness (QED) is 0.642. The van der Waals surface area contributed by atoms with Gasteiger partial charge in [-0.05, 0) is 49.0 Å². The molecule has 4 rings (SSSR count). The fraction of sp³-hybridized carbons (Fsp3) is 0.318. The lowest BCUT2D eigenvalue weighted by Gasteiger charge is -2.22. The van der Waals surface area contributed by atoms with E-state index >= 15 is 0 Å². The van der Waals surface area contributed by atoms with Crippen molar-refractivity contribution in [3.05, 3.63) is 65.5 Å². The van der Waals surface area contributed by atoms with Gasteiger partial charge < -0.3 is 15.6 Å². The molecule has 2 aliphatic carbocycles. The Bertz CT molecular complexity index is 841. The van der Waals surface area contributed by atoms with E-state index in [0.717, 1.165) is 29.1 Å². The molecule has 4 nitrogen and oxygen atoms in total. The molecule has 0 radical (unpaired) electrons. The van der Waals surface area contributed by atoms with E-state index in [9.17, 15) is 4.79 Å². The lowest BCUT2D eigenvalue weighted by atomic mass is 9.84. The van der Waals surface area contributed by atoms with Crippen LogP contribution in [0.15, 0.2) is 48.7 Å². The van der Waals surface area contributed by atoms with Crippen LogP contribution in [-0.2, 0) is 6.42 Å². The number of urea groups is 1. The third kappa shape index (κ3) is 3.74. The van der Waals surface area contributed by atoms with Gasteiger partial charge in [0.25, 0.3) is 0 Å². The van der Waals surface area contributed by atoms with Gasteiger partial charge in [-0.2, -0.15) is 0 Å². The van der Waals surface area contributed by atoms with Crippen molar-refractivity contribution in [3.63, 3.8) is 0 Å². The molecule has 0 spiro atoms. The number of allylic oxidation sites excluding steroid dienone is 3. The summed E-state index contributed by atoms with van der Waals surface area (Å²) in [5, 5.41) is 5.96. The van der Waals surface area contributed by atoms with Gasteiger partial charge in [-0.1, -0.05) is 49.6 Å². The van der Waals surface area contributed by atoms with Gasteiger partial charge in [-0.25, -0.2) is 4.79 Å². The van der Waals surface area contributed by atoms with Gasteiger partial charge in [0.15, 0.2) is 0 Å². The number of rotatable bonds is 3. The molecule has 2 aliphatic rings. The van der Waals surface area contributed by atoms with Gasteiger partial charge in [-0.3, -0.25) is 0 Å². The van der Waals surface area contributed by atoms with Gasteiger partial charge in [-0.15, -0.1) is 0 Å². The minimum atomic E-state index is -0.204. The molecule has 1 fully saturated rings. The number of nitrogens with one attached hydrogen (secondary N) is 3. The molecule has 4 heteroatoms. The van der Waals surface area contributed by atoms with E-state index in [0.29, 0.717) is 5.92 Å². The number of hydrogen-bond acceptors (Lipinski definition) is 1. The van der Waals surface area contributed by atoms with Crippen LogP contribution in [0.3, 0.4) is 0 Å². The van der Waals surface area contributed by atoms with Crippen molar-refractivity contribution < 1.29 is 4.79 Å². The molecule has 1 aromatic carbocycles. The van der Waals surface area contributed by atoms with E-state index in [-0.39, 0.29) is 6.03 Å². The number of carbonyl (C=O) groups excluding carboxylic acids is 1. The Labute approximate surface area is 154 Å². The van der Waals surface area contributed by atoms with Gasteiger partial charge in [0.2, 0.25) is 0 Å². The maximum absolute atomic E-state index is 12.5. The van der Waals surface area contributed by atoms with Crippen molar-refractivity contribution in [2.24, 2.45) is 0 Å². The number of benzene rings is 1. The zero-order valence-corrected chi connectivity index (χ0v) is 14.9. The second-order valence-electron chi connectivity index (χ2n) is 7.13. The molecule has 1 saturated carbocycles. The maximum atomic E-state index is 12.5. The molecule has 0 bridgehead atoms. The second kappa shape index (κ2) is 7.65. The van der Waals surface area contributed by atoms with Gasteiger partial charge in [0, 0.05) is 23.1 Å². The molecule has 2 aromatic rings. The zero-order chi connectivity index (χ0) is 17.8. The van der Waals surface area contributed by atoms with Crippen molar-refractivity contribution >= 4 is 23.5 Å². The highest BCUT2D eigenvalue weighted by atomic mass is 16.2. The Kier molecular flexibility index (Phi) is 4.91. The highest BCUT2D eigenvalue weighted by Crippen LogP contribution is 2.33. The number of fused-ring (bicyclic) bond motifs is 1. The highest BCUT2D eigenvalue weighted by Gasteiger charge is 2.16. The van der Waals surface area contributed by atoms with Gasteiger partial charge >= 0.3 is 6.03 Å². The van der Waals surface area contributed by atoms with Crippen LogP contribution in [0.1, 0.15) is 54.8 Å². The first-order valence-electron chi connectivity index (χ1n) is 9.51. The summed E-state index contributed by atoms with van der Waals surface area (Å²) in [6, 6.07) is 8.10. The fourth-order valence-electron chi connectivity index (χ4n) is 3.96. The van der Waals surface area contributed by atoms with Crippen molar-refractivity contribution in [2.45, 2.75) is 44.4 Å². The predicted octanol–water partition coefficient (Wildman–Crippen LogP) is 5.83. The predicted molar refractivity (Wildman–Crippen MR) is 108 cm³/mol. The summed E-state index contributed by atoms with van der Waals surface area (Å²) in [5.74, 6) is 0.632. The molecule has 0 saturated heterocycles. The summed E-state index contributed by atoms with van der Waals surface area (Å²) < 4.78 is 0. The molecule has 26 heavy (non-hydrogen) atoms.